The van der Waals surface area contributed by atoms with Crippen molar-refractivity contribution in [3.05, 3.63) is 77.9 Å². The molecule has 0 spiro atoms. The fraction of sp³-hybridized carbons (Fsp3) is 0.240. The number of aryl methyl sites for hydroxylation is 1. The molecule has 180 valence electrons. The summed E-state index contributed by atoms with van der Waals surface area (Å²) in [7, 11) is 0.328. The van der Waals surface area contributed by atoms with Gasteiger partial charge in [0.25, 0.3) is 0 Å². The van der Waals surface area contributed by atoms with Crippen molar-refractivity contribution in [2.45, 2.75) is 18.4 Å². The normalized spacial score (nSPS) is 11.2. The van der Waals surface area contributed by atoms with Crippen LogP contribution in [0.1, 0.15) is 11.1 Å². The highest BCUT2D eigenvalue weighted by atomic mass is 32.2. The molecule has 1 amide bonds. The molecule has 0 aromatic heterocycles. The molecule has 0 saturated heterocycles. The van der Waals surface area contributed by atoms with Gasteiger partial charge in [-0.1, -0.05) is 36.4 Å². The minimum absolute atomic E-state index is 0.000703. The van der Waals surface area contributed by atoms with Crippen LogP contribution in [0.3, 0.4) is 0 Å². The van der Waals surface area contributed by atoms with Crippen LogP contribution in [0.15, 0.2) is 71.6 Å². The van der Waals surface area contributed by atoms with Gasteiger partial charge in [0.05, 0.1) is 33.6 Å². The first-order valence-electron chi connectivity index (χ1n) is 10.5. The molecule has 0 bridgehead atoms. The lowest BCUT2D eigenvalue weighted by Crippen LogP contribution is -2.37. The van der Waals surface area contributed by atoms with Gasteiger partial charge >= 0.3 is 0 Å². The van der Waals surface area contributed by atoms with E-state index < -0.39 is 22.5 Å². The van der Waals surface area contributed by atoms with E-state index in [9.17, 15) is 13.2 Å². The van der Waals surface area contributed by atoms with Crippen molar-refractivity contribution < 1.29 is 27.4 Å². The largest absolute Gasteiger partial charge is 0.497 e. The molecule has 8 nitrogen and oxygen atoms in total. The molecule has 3 aromatic carbocycles. The summed E-state index contributed by atoms with van der Waals surface area (Å²) in [6.07, 6.45) is 0. The van der Waals surface area contributed by atoms with Gasteiger partial charge in [0.2, 0.25) is 15.9 Å². The highest BCUT2D eigenvalue weighted by Gasteiger charge is 2.30. The quantitative estimate of drug-likeness (QED) is 0.470. The zero-order chi connectivity index (χ0) is 24.7. The monoisotopic (exact) mass is 484 g/mol. The molecule has 0 heterocycles. The van der Waals surface area contributed by atoms with Crippen LogP contribution < -0.4 is 19.5 Å². The third kappa shape index (κ3) is 5.86. The summed E-state index contributed by atoms with van der Waals surface area (Å²) in [6, 6.07) is 18.9. The molecule has 0 aliphatic heterocycles. The third-order valence-electron chi connectivity index (χ3n) is 5.14. The van der Waals surface area contributed by atoms with Crippen LogP contribution in [0.25, 0.3) is 0 Å². The van der Waals surface area contributed by atoms with E-state index in [1.54, 1.807) is 49.4 Å². The van der Waals surface area contributed by atoms with Gasteiger partial charge in [0, 0.05) is 12.6 Å². The van der Waals surface area contributed by atoms with E-state index in [0.717, 1.165) is 15.4 Å². The lowest BCUT2D eigenvalue weighted by Gasteiger charge is -2.23. The van der Waals surface area contributed by atoms with Crippen LogP contribution in [0, 0.1) is 6.92 Å². The Balaban J connectivity index is 1.94. The summed E-state index contributed by atoms with van der Waals surface area (Å²) in [5, 5.41) is 2.74. The maximum Gasteiger partial charge on any atom is 0.247 e. The molecule has 0 fully saturated rings. The van der Waals surface area contributed by atoms with Crippen LogP contribution in [-0.2, 0) is 21.4 Å². The van der Waals surface area contributed by atoms with E-state index in [4.69, 9.17) is 14.2 Å². The molecule has 3 aromatic rings. The van der Waals surface area contributed by atoms with Gasteiger partial charge in [-0.3, -0.25) is 4.79 Å². The van der Waals surface area contributed by atoms with E-state index in [-0.39, 0.29) is 17.2 Å². The number of hydrogen-bond donors (Lipinski definition) is 1. The molecule has 1 N–H and O–H groups in total. The second-order valence-electron chi connectivity index (χ2n) is 7.53. The minimum Gasteiger partial charge on any atom is -0.497 e. The molecular formula is C25H28N2O6S. The van der Waals surface area contributed by atoms with E-state index >= 15 is 0 Å². The molecule has 0 aliphatic rings. The molecule has 0 saturated carbocycles. The van der Waals surface area contributed by atoms with E-state index in [0.29, 0.717) is 17.2 Å². The average Bonchev–Trinajstić information content (AvgIpc) is 2.84. The maximum absolute atomic E-state index is 13.7. The van der Waals surface area contributed by atoms with Crippen molar-refractivity contribution in [1.82, 2.24) is 4.31 Å². The van der Waals surface area contributed by atoms with Gasteiger partial charge in [-0.2, -0.15) is 4.31 Å². The summed E-state index contributed by atoms with van der Waals surface area (Å²) >= 11 is 0. The van der Waals surface area contributed by atoms with E-state index in [2.05, 4.69) is 5.32 Å². The number of methoxy groups -OCH3 is 3. The van der Waals surface area contributed by atoms with Crippen LogP contribution in [-0.4, -0.2) is 46.5 Å². The summed E-state index contributed by atoms with van der Waals surface area (Å²) < 4.78 is 44.3. The zero-order valence-electron chi connectivity index (χ0n) is 19.6. The Kier molecular flexibility index (Phi) is 8.14. The number of benzene rings is 3. The maximum atomic E-state index is 13.7. The van der Waals surface area contributed by atoms with Crippen molar-refractivity contribution >= 4 is 21.6 Å². The minimum atomic E-state index is -4.08. The molecule has 3 rings (SSSR count). The van der Waals surface area contributed by atoms with Gasteiger partial charge in [-0.05, 0) is 42.3 Å². The first-order valence-corrected chi connectivity index (χ1v) is 11.9. The highest BCUT2D eigenvalue weighted by molar-refractivity contribution is 7.89. The second kappa shape index (κ2) is 11.0. The number of rotatable bonds is 10. The van der Waals surface area contributed by atoms with Crippen LogP contribution in [0.2, 0.25) is 0 Å². The fourth-order valence-corrected chi connectivity index (χ4v) is 5.01. The third-order valence-corrected chi connectivity index (χ3v) is 6.95. The predicted octanol–water partition coefficient (Wildman–Crippen LogP) is 3.85. The Morgan fingerprint density at radius 1 is 0.882 bits per heavy atom. The Labute approximate surface area is 200 Å². The number of amides is 1. The van der Waals surface area contributed by atoms with Crippen molar-refractivity contribution in [3.63, 3.8) is 0 Å². The number of ether oxygens (including phenoxy) is 3. The number of nitrogens with one attached hydrogen (secondary N) is 1. The smallest absolute Gasteiger partial charge is 0.247 e. The topological polar surface area (TPSA) is 94.2 Å². The number of carbonyl (C=O) groups excluding carboxylic acids is 1. The van der Waals surface area contributed by atoms with E-state index in [1.165, 1.54) is 27.4 Å². The summed E-state index contributed by atoms with van der Waals surface area (Å²) in [6.45, 7) is 1.39. The number of hydrogen-bond acceptors (Lipinski definition) is 6. The fourth-order valence-electron chi connectivity index (χ4n) is 3.39. The Morgan fingerprint density at radius 2 is 1.59 bits per heavy atom. The second-order valence-corrected chi connectivity index (χ2v) is 9.43. The SMILES string of the molecule is COc1ccc(NC(=O)CN(Cc2ccccc2)S(=O)(=O)c2cc(C)ccc2OC)c(OC)c1. The number of carbonyl (C=O) groups is 1. The summed E-state index contributed by atoms with van der Waals surface area (Å²) in [5.74, 6) is 0.649. The Morgan fingerprint density at radius 3 is 2.24 bits per heavy atom. The summed E-state index contributed by atoms with van der Waals surface area (Å²) in [5.41, 5.74) is 1.90. The summed E-state index contributed by atoms with van der Waals surface area (Å²) in [4.78, 5) is 13.0. The Bertz CT molecular complexity index is 1250. The number of nitrogens with zero attached hydrogens (tertiary/aromatic N) is 1. The van der Waals surface area contributed by atoms with Crippen molar-refractivity contribution in [2.75, 3.05) is 33.2 Å². The Hall–Kier alpha value is -3.56. The van der Waals surface area contributed by atoms with Crippen LogP contribution >= 0.6 is 0 Å². The molecule has 0 unspecified atom stereocenters. The van der Waals surface area contributed by atoms with Gasteiger partial charge in [-0.15, -0.1) is 0 Å². The number of sulfonamides is 1. The molecule has 0 aliphatic carbocycles. The van der Waals surface area contributed by atoms with Gasteiger partial charge < -0.3 is 19.5 Å². The van der Waals surface area contributed by atoms with Crippen molar-refractivity contribution in [3.8, 4) is 17.2 Å². The molecule has 9 heteroatoms. The lowest BCUT2D eigenvalue weighted by atomic mass is 10.2. The first kappa shape index (κ1) is 25.1. The zero-order valence-corrected chi connectivity index (χ0v) is 20.4. The van der Waals surface area contributed by atoms with Crippen molar-refractivity contribution in [2.24, 2.45) is 0 Å². The van der Waals surface area contributed by atoms with Gasteiger partial charge in [0.1, 0.15) is 22.1 Å². The van der Waals surface area contributed by atoms with Gasteiger partial charge in [0.15, 0.2) is 0 Å². The molecule has 0 atom stereocenters. The van der Waals surface area contributed by atoms with Crippen LogP contribution in [0.5, 0.6) is 17.2 Å². The van der Waals surface area contributed by atoms with Crippen molar-refractivity contribution in [1.29, 1.82) is 0 Å². The predicted molar refractivity (Wildman–Crippen MR) is 130 cm³/mol. The van der Waals surface area contributed by atoms with Crippen LogP contribution in [0.4, 0.5) is 5.69 Å². The first-order chi connectivity index (χ1) is 16.3. The lowest BCUT2D eigenvalue weighted by molar-refractivity contribution is -0.116. The molecule has 0 radical (unpaired) electrons. The average molecular weight is 485 g/mol. The molecule has 34 heavy (non-hydrogen) atoms. The van der Waals surface area contributed by atoms with E-state index in [1.807, 2.05) is 18.2 Å². The standard InChI is InChI=1S/C25H28N2O6S/c1-18-10-13-22(32-3)24(14-18)34(29,30)27(16-19-8-6-5-7-9-19)17-25(28)26-21-12-11-20(31-2)15-23(21)33-4/h5-15H,16-17H2,1-4H3,(H,26,28). The van der Waals surface area contributed by atoms with Gasteiger partial charge in [-0.25, -0.2) is 8.42 Å². The number of anilines is 1. The molecular weight excluding hydrogens is 456 g/mol. The highest BCUT2D eigenvalue weighted by Crippen LogP contribution is 2.31.